The second kappa shape index (κ2) is 8.18. The van der Waals surface area contributed by atoms with Crippen molar-refractivity contribution in [3.05, 3.63) is 64.0 Å². The predicted molar refractivity (Wildman–Crippen MR) is 101 cm³/mol. The van der Waals surface area contributed by atoms with Crippen molar-refractivity contribution in [2.75, 3.05) is 7.11 Å². The number of rotatable bonds is 5. The van der Waals surface area contributed by atoms with Gasteiger partial charge in [0.1, 0.15) is 0 Å². The zero-order valence-corrected chi connectivity index (χ0v) is 16.1. The molecule has 0 N–H and O–H groups in total. The molecular weight excluding hydrogens is 392 g/mol. The van der Waals surface area contributed by atoms with Crippen LogP contribution < -0.4 is 9.54 Å². The highest BCUT2D eigenvalue weighted by Crippen LogP contribution is 2.31. The molecule has 0 saturated heterocycles. The van der Waals surface area contributed by atoms with Crippen molar-refractivity contribution in [2.24, 2.45) is 4.99 Å². The van der Waals surface area contributed by atoms with Crippen LogP contribution in [0.2, 0.25) is 0 Å². The van der Waals surface area contributed by atoms with Crippen LogP contribution in [-0.4, -0.2) is 11.7 Å². The highest BCUT2D eigenvalue weighted by molar-refractivity contribution is 7.07. The summed E-state index contributed by atoms with van der Waals surface area (Å²) in [5.74, 6) is -0.333. The Hall–Kier alpha value is -2.61. The molecule has 3 rings (SSSR count). The lowest BCUT2D eigenvalue weighted by Gasteiger charge is -2.10. The van der Waals surface area contributed by atoms with Crippen LogP contribution in [0.3, 0.4) is 0 Å². The quantitative estimate of drug-likeness (QED) is 0.472. The summed E-state index contributed by atoms with van der Waals surface area (Å²) < 4.78 is 59.8. The van der Waals surface area contributed by atoms with E-state index in [9.17, 15) is 17.6 Å². The van der Waals surface area contributed by atoms with Crippen molar-refractivity contribution in [3.8, 4) is 17.0 Å². The third-order valence-corrected chi connectivity index (χ3v) is 4.95. The van der Waals surface area contributed by atoms with Gasteiger partial charge in [-0.25, -0.2) is 9.38 Å². The average Bonchev–Trinajstić information content (AvgIpc) is 3.04. The molecule has 0 fully saturated rings. The largest absolute Gasteiger partial charge is 0.494 e. The van der Waals surface area contributed by atoms with Gasteiger partial charge in [-0.05, 0) is 42.8 Å². The van der Waals surface area contributed by atoms with Gasteiger partial charge in [-0.15, -0.1) is 11.3 Å². The highest BCUT2D eigenvalue weighted by Gasteiger charge is 2.30. The van der Waals surface area contributed by atoms with Gasteiger partial charge >= 0.3 is 6.18 Å². The fourth-order valence-electron chi connectivity index (χ4n) is 2.78. The van der Waals surface area contributed by atoms with Crippen molar-refractivity contribution >= 4 is 17.0 Å². The first-order chi connectivity index (χ1) is 13.3. The number of methoxy groups -OCH3 is 1. The molecule has 148 valence electrons. The van der Waals surface area contributed by atoms with E-state index in [-0.39, 0.29) is 11.4 Å². The van der Waals surface area contributed by atoms with Gasteiger partial charge in [0.05, 0.1) is 24.1 Å². The molecule has 0 atom stereocenters. The number of nitrogens with zero attached hydrogens (tertiary/aromatic N) is 2. The Labute approximate surface area is 163 Å². The van der Waals surface area contributed by atoms with Gasteiger partial charge in [-0.2, -0.15) is 13.2 Å². The van der Waals surface area contributed by atoms with Crippen LogP contribution in [0.1, 0.15) is 18.9 Å². The Balaban J connectivity index is 2.09. The Morgan fingerprint density at radius 2 is 1.93 bits per heavy atom. The number of benzene rings is 2. The zero-order chi connectivity index (χ0) is 20.3. The van der Waals surface area contributed by atoms with E-state index >= 15 is 0 Å². The maximum atomic E-state index is 14.1. The Kier molecular flexibility index (Phi) is 5.88. The molecule has 0 aliphatic rings. The van der Waals surface area contributed by atoms with Crippen LogP contribution in [0, 0.1) is 5.82 Å². The number of hydrogen-bond acceptors (Lipinski definition) is 3. The minimum atomic E-state index is -4.42. The van der Waals surface area contributed by atoms with E-state index in [1.54, 1.807) is 12.1 Å². The van der Waals surface area contributed by atoms with Crippen molar-refractivity contribution in [3.63, 3.8) is 0 Å². The Morgan fingerprint density at radius 1 is 1.14 bits per heavy atom. The minimum absolute atomic E-state index is 0.148. The van der Waals surface area contributed by atoms with E-state index in [4.69, 9.17) is 4.74 Å². The van der Waals surface area contributed by atoms with Crippen molar-refractivity contribution in [1.29, 1.82) is 0 Å². The molecule has 0 aliphatic heterocycles. The normalized spacial score (nSPS) is 12.4. The molecule has 0 amide bonds. The van der Waals surface area contributed by atoms with E-state index in [0.29, 0.717) is 16.9 Å². The molecule has 3 aromatic rings. The molecule has 0 unspecified atom stereocenters. The molecule has 8 heteroatoms. The van der Waals surface area contributed by atoms with Gasteiger partial charge in [0.15, 0.2) is 16.4 Å². The summed E-state index contributed by atoms with van der Waals surface area (Å²) in [4.78, 5) is 4.95. The van der Waals surface area contributed by atoms with Crippen LogP contribution in [0.15, 0.2) is 52.8 Å². The van der Waals surface area contributed by atoms with E-state index in [2.05, 4.69) is 4.99 Å². The van der Waals surface area contributed by atoms with Crippen LogP contribution in [0.5, 0.6) is 5.75 Å². The fourth-order valence-corrected chi connectivity index (χ4v) is 3.73. The summed E-state index contributed by atoms with van der Waals surface area (Å²) in [5.41, 5.74) is 0.867. The van der Waals surface area contributed by atoms with Crippen LogP contribution in [0.4, 0.5) is 23.2 Å². The number of ether oxygens (including phenoxy) is 1. The summed E-state index contributed by atoms with van der Waals surface area (Å²) in [6.07, 6.45) is -3.63. The smallest absolute Gasteiger partial charge is 0.416 e. The van der Waals surface area contributed by atoms with E-state index < -0.39 is 17.6 Å². The maximum Gasteiger partial charge on any atom is 0.416 e. The van der Waals surface area contributed by atoms with Crippen molar-refractivity contribution < 1.29 is 22.3 Å². The van der Waals surface area contributed by atoms with Crippen LogP contribution in [0.25, 0.3) is 11.3 Å². The third-order valence-electron chi connectivity index (χ3n) is 4.09. The van der Waals surface area contributed by atoms with Gasteiger partial charge in [-0.3, -0.25) is 0 Å². The van der Waals surface area contributed by atoms with Gasteiger partial charge < -0.3 is 9.30 Å². The molecular formula is C20H18F4N2OS. The summed E-state index contributed by atoms with van der Waals surface area (Å²) in [5, 5.41) is 1.82. The standard InChI is InChI=1S/C20H18F4N2OS/c1-3-9-26-17(13-7-8-18(27-2)16(21)10-13)12-28-19(26)25-15-6-4-5-14(11-15)20(22,23)24/h4-8,10-12H,3,9H2,1-2H3. The van der Waals surface area contributed by atoms with Gasteiger partial charge in [-0.1, -0.05) is 13.0 Å². The molecule has 0 radical (unpaired) electrons. The lowest BCUT2D eigenvalue weighted by atomic mass is 10.1. The maximum absolute atomic E-state index is 14.1. The Bertz CT molecular complexity index is 1040. The molecule has 3 nitrogen and oxygen atoms in total. The first kappa shape index (κ1) is 20.1. The first-order valence-electron chi connectivity index (χ1n) is 8.57. The first-order valence-corrected chi connectivity index (χ1v) is 9.45. The molecule has 2 aromatic carbocycles. The zero-order valence-electron chi connectivity index (χ0n) is 15.3. The van der Waals surface area contributed by atoms with Gasteiger partial charge in [0.25, 0.3) is 0 Å². The van der Waals surface area contributed by atoms with Crippen LogP contribution in [-0.2, 0) is 12.7 Å². The van der Waals surface area contributed by atoms with Crippen molar-refractivity contribution in [1.82, 2.24) is 4.57 Å². The monoisotopic (exact) mass is 410 g/mol. The Morgan fingerprint density at radius 3 is 2.57 bits per heavy atom. The van der Waals surface area contributed by atoms with Crippen molar-refractivity contribution in [2.45, 2.75) is 26.1 Å². The third kappa shape index (κ3) is 4.27. The fraction of sp³-hybridized carbons (Fsp3) is 0.250. The minimum Gasteiger partial charge on any atom is -0.494 e. The summed E-state index contributed by atoms with van der Waals surface area (Å²) >= 11 is 1.30. The average molecular weight is 410 g/mol. The predicted octanol–water partition coefficient (Wildman–Crippen LogP) is 6.03. The molecule has 28 heavy (non-hydrogen) atoms. The second-order valence-corrected chi connectivity index (χ2v) is 6.90. The molecule has 0 aliphatic carbocycles. The lowest BCUT2D eigenvalue weighted by molar-refractivity contribution is -0.137. The van der Waals surface area contributed by atoms with E-state index in [1.807, 2.05) is 16.9 Å². The number of halogens is 4. The number of alkyl halides is 3. The lowest BCUT2D eigenvalue weighted by Crippen LogP contribution is -2.15. The summed E-state index contributed by atoms with van der Waals surface area (Å²) in [6, 6.07) is 9.55. The molecule has 1 heterocycles. The summed E-state index contributed by atoms with van der Waals surface area (Å²) in [6.45, 7) is 2.58. The number of aromatic nitrogens is 1. The molecule has 1 aromatic heterocycles. The van der Waals surface area contributed by atoms with E-state index in [1.165, 1.54) is 36.6 Å². The van der Waals surface area contributed by atoms with E-state index in [0.717, 1.165) is 24.2 Å². The molecule has 0 saturated carbocycles. The summed E-state index contributed by atoms with van der Waals surface area (Å²) in [7, 11) is 1.39. The van der Waals surface area contributed by atoms with Crippen LogP contribution >= 0.6 is 11.3 Å². The van der Waals surface area contributed by atoms with Gasteiger partial charge in [0, 0.05) is 17.5 Å². The SMILES string of the molecule is CCCn1c(-c2ccc(OC)c(F)c2)csc1=Nc1cccc(C(F)(F)F)c1. The molecule has 0 bridgehead atoms. The number of hydrogen-bond donors (Lipinski definition) is 0. The highest BCUT2D eigenvalue weighted by atomic mass is 32.1. The topological polar surface area (TPSA) is 26.5 Å². The molecule has 0 spiro atoms. The number of thiazole rings is 1. The van der Waals surface area contributed by atoms with Gasteiger partial charge in [0.2, 0.25) is 0 Å². The second-order valence-electron chi connectivity index (χ2n) is 6.06.